The maximum Gasteiger partial charge on any atom is 0.267 e. The Balaban J connectivity index is 1.32. The molecular formula is C22H26N8O. The number of hydrogen-bond donors (Lipinski definition) is 1. The zero-order chi connectivity index (χ0) is 21.4. The van der Waals surface area contributed by atoms with E-state index in [1.807, 2.05) is 25.5 Å². The summed E-state index contributed by atoms with van der Waals surface area (Å²) >= 11 is 0. The van der Waals surface area contributed by atoms with Gasteiger partial charge in [-0.15, -0.1) is 5.10 Å². The number of aromatic nitrogens is 5. The molecule has 0 unspecified atom stereocenters. The number of rotatable bonds is 6. The molecule has 0 spiro atoms. The summed E-state index contributed by atoms with van der Waals surface area (Å²) in [6, 6.07) is 5.49. The van der Waals surface area contributed by atoms with Gasteiger partial charge in [-0.05, 0) is 43.9 Å². The van der Waals surface area contributed by atoms with E-state index in [2.05, 4.69) is 36.1 Å². The van der Waals surface area contributed by atoms with Crippen molar-refractivity contribution in [3.8, 4) is 16.9 Å². The molecule has 160 valence electrons. The van der Waals surface area contributed by atoms with E-state index in [-0.39, 0.29) is 5.69 Å². The molecule has 9 heteroatoms. The molecule has 9 nitrogen and oxygen atoms in total. The fourth-order valence-corrected chi connectivity index (χ4v) is 4.04. The molecule has 4 heterocycles. The second-order valence-corrected chi connectivity index (χ2v) is 8.38. The molecule has 2 N–H and O–H groups in total. The number of primary amides is 1. The summed E-state index contributed by atoms with van der Waals surface area (Å²) in [5.41, 5.74) is 9.72. The maximum absolute atomic E-state index is 11.3. The minimum Gasteiger partial charge on any atom is -0.368 e. The van der Waals surface area contributed by atoms with Crippen LogP contribution >= 0.6 is 0 Å². The smallest absolute Gasteiger partial charge is 0.267 e. The molecule has 1 amide bonds. The first-order chi connectivity index (χ1) is 15.1. The molecule has 0 radical (unpaired) electrons. The van der Waals surface area contributed by atoms with Crippen LogP contribution in [-0.2, 0) is 0 Å². The van der Waals surface area contributed by atoms with Gasteiger partial charge in [-0.25, -0.2) is 9.67 Å². The predicted molar refractivity (Wildman–Crippen MR) is 117 cm³/mol. The van der Waals surface area contributed by atoms with E-state index in [1.54, 1.807) is 16.8 Å². The summed E-state index contributed by atoms with van der Waals surface area (Å²) < 4.78 is 1.66. The molecule has 1 aliphatic carbocycles. The molecule has 3 aromatic rings. The molecule has 1 saturated carbocycles. The van der Waals surface area contributed by atoms with Crippen molar-refractivity contribution in [2.24, 2.45) is 11.7 Å². The molecule has 0 bridgehead atoms. The Morgan fingerprint density at radius 3 is 2.68 bits per heavy atom. The van der Waals surface area contributed by atoms with Crippen molar-refractivity contribution in [3.05, 3.63) is 48.2 Å². The Kier molecular flexibility index (Phi) is 5.11. The molecule has 0 aromatic carbocycles. The lowest BCUT2D eigenvalue weighted by Crippen LogP contribution is -2.47. The fraction of sp³-hybridized carbons (Fsp3) is 0.409. The first kappa shape index (κ1) is 19.6. The van der Waals surface area contributed by atoms with E-state index in [0.717, 1.165) is 54.7 Å². The van der Waals surface area contributed by atoms with Crippen LogP contribution in [0.4, 0.5) is 5.69 Å². The zero-order valence-corrected chi connectivity index (χ0v) is 17.6. The lowest BCUT2D eigenvalue weighted by molar-refractivity contribution is 0.0995. The van der Waals surface area contributed by atoms with Gasteiger partial charge in [0, 0.05) is 44.5 Å². The van der Waals surface area contributed by atoms with Crippen molar-refractivity contribution in [1.82, 2.24) is 29.9 Å². The number of carbonyl (C=O) groups excluding carboxylic acids is 1. The van der Waals surface area contributed by atoms with Gasteiger partial charge in [-0.2, -0.15) is 0 Å². The highest BCUT2D eigenvalue weighted by Gasteiger charge is 2.26. The van der Waals surface area contributed by atoms with Gasteiger partial charge in [0.1, 0.15) is 11.4 Å². The third-order valence-electron chi connectivity index (χ3n) is 6.02. The predicted octanol–water partition coefficient (Wildman–Crippen LogP) is 1.66. The number of amides is 1. The Morgan fingerprint density at radius 1 is 1.16 bits per heavy atom. The minimum absolute atomic E-state index is 0.232. The van der Waals surface area contributed by atoms with Gasteiger partial charge in [0.15, 0.2) is 0 Å². The Labute approximate surface area is 180 Å². The van der Waals surface area contributed by atoms with Crippen molar-refractivity contribution in [1.29, 1.82) is 0 Å². The number of anilines is 1. The van der Waals surface area contributed by atoms with Crippen LogP contribution in [0.2, 0.25) is 0 Å². The molecule has 5 rings (SSSR count). The SMILES string of the molecule is Cc1nc(C(N)=O)ccc1-n1cc(-c2cncc(N3CCN(CC4CC4)CC3)c2)nn1. The summed E-state index contributed by atoms with van der Waals surface area (Å²) in [4.78, 5) is 25.0. The van der Waals surface area contributed by atoms with Crippen LogP contribution in [0, 0.1) is 12.8 Å². The van der Waals surface area contributed by atoms with Crippen LogP contribution in [-0.4, -0.2) is 68.5 Å². The van der Waals surface area contributed by atoms with Gasteiger partial charge in [0.25, 0.3) is 5.91 Å². The Bertz CT molecular complexity index is 1100. The molecular weight excluding hydrogens is 392 g/mol. The third-order valence-corrected chi connectivity index (χ3v) is 6.02. The second-order valence-electron chi connectivity index (χ2n) is 8.38. The maximum atomic E-state index is 11.3. The molecule has 2 aliphatic rings. The van der Waals surface area contributed by atoms with Gasteiger partial charge in [0.05, 0.1) is 29.5 Å². The molecule has 3 aromatic heterocycles. The molecule has 1 aliphatic heterocycles. The average molecular weight is 419 g/mol. The molecule has 0 atom stereocenters. The number of nitrogens with zero attached hydrogens (tertiary/aromatic N) is 7. The van der Waals surface area contributed by atoms with Crippen LogP contribution in [0.5, 0.6) is 0 Å². The van der Waals surface area contributed by atoms with E-state index >= 15 is 0 Å². The highest BCUT2D eigenvalue weighted by atomic mass is 16.1. The van der Waals surface area contributed by atoms with Crippen LogP contribution < -0.4 is 10.6 Å². The van der Waals surface area contributed by atoms with Gasteiger partial charge < -0.3 is 10.6 Å². The Hall–Kier alpha value is -3.33. The lowest BCUT2D eigenvalue weighted by Gasteiger charge is -2.36. The van der Waals surface area contributed by atoms with Crippen LogP contribution in [0.1, 0.15) is 29.0 Å². The normalized spacial score (nSPS) is 17.1. The number of nitrogens with two attached hydrogens (primary N) is 1. The molecule has 1 saturated heterocycles. The summed E-state index contributed by atoms with van der Waals surface area (Å²) in [6.45, 7) is 7.30. The largest absolute Gasteiger partial charge is 0.368 e. The number of piperazine rings is 1. The topological polar surface area (TPSA) is 106 Å². The monoisotopic (exact) mass is 418 g/mol. The average Bonchev–Trinajstić information content (AvgIpc) is 3.46. The number of hydrogen-bond acceptors (Lipinski definition) is 7. The van der Waals surface area contributed by atoms with E-state index in [9.17, 15) is 4.79 Å². The number of aryl methyl sites for hydroxylation is 1. The van der Waals surface area contributed by atoms with Crippen molar-refractivity contribution in [2.45, 2.75) is 19.8 Å². The fourth-order valence-electron chi connectivity index (χ4n) is 4.04. The van der Waals surface area contributed by atoms with Crippen molar-refractivity contribution in [2.75, 3.05) is 37.6 Å². The highest BCUT2D eigenvalue weighted by Crippen LogP contribution is 2.30. The van der Waals surface area contributed by atoms with E-state index in [1.165, 1.54) is 19.4 Å². The third kappa shape index (κ3) is 4.27. The first-order valence-electron chi connectivity index (χ1n) is 10.7. The van der Waals surface area contributed by atoms with Crippen molar-refractivity contribution < 1.29 is 4.79 Å². The summed E-state index contributed by atoms with van der Waals surface area (Å²) in [5.74, 6) is 0.384. The standard InChI is InChI=1S/C22H26N8O/c1-15-21(5-4-19(25-15)22(23)31)30-14-20(26-27-30)17-10-18(12-24-11-17)29-8-6-28(7-9-29)13-16-2-3-16/h4-5,10-12,14,16H,2-3,6-9,13H2,1H3,(H2,23,31). The highest BCUT2D eigenvalue weighted by molar-refractivity contribution is 5.90. The lowest BCUT2D eigenvalue weighted by atomic mass is 10.2. The van der Waals surface area contributed by atoms with Crippen molar-refractivity contribution in [3.63, 3.8) is 0 Å². The second kappa shape index (κ2) is 8.07. The van der Waals surface area contributed by atoms with E-state index < -0.39 is 5.91 Å². The van der Waals surface area contributed by atoms with Gasteiger partial charge >= 0.3 is 0 Å². The first-order valence-corrected chi connectivity index (χ1v) is 10.7. The van der Waals surface area contributed by atoms with E-state index in [0.29, 0.717) is 5.69 Å². The minimum atomic E-state index is -0.551. The number of carbonyl (C=O) groups is 1. The summed E-state index contributed by atoms with van der Waals surface area (Å²) in [5, 5.41) is 8.57. The van der Waals surface area contributed by atoms with Gasteiger partial charge in [-0.3, -0.25) is 14.7 Å². The Morgan fingerprint density at radius 2 is 1.97 bits per heavy atom. The van der Waals surface area contributed by atoms with Crippen molar-refractivity contribution >= 4 is 11.6 Å². The van der Waals surface area contributed by atoms with Crippen LogP contribution in [0.3, 0.4) is 0 Å². The van der Waals surface area contributed by atoms with E-state index in [4.69, 9.17) is 5.73 Å². The van der Waals surface area contributed by atoms with Crippen LogP contribution in [0.25, 0.3) is 16.9 Å². The molecule has 2 fully saturated rings. The van der Waals surface area contributed by atoms with Crippen LogP contribution in [0.15, 0.2) is 36.8 Å². The quantitative estimate of drug-likeness (QED) is 0.649. The van der Waals surface area contributed by atoms with Gasteiger partial charge in [0.2, 0.25) is 0 Å². The summed E-state index contributed by atoms with van der Waals surface area (Å²) in [6.07, 6.45) is 8.38. The summed E-state index contributed by atoms with van der Waals surface area (Å²) in [7, 11) is 0. The zero-order valence-electron chi connectivity index (χ0n) is 17.6. The van der Waals surface area contributed by atoms with Gasteiger partial charge in [-0.1, -0.05) is 5.21 Å². The molecule has 31 heavy (non-hydrogen) atoms. The number of pyridine rings is 2.